The van der Waals surface area contributed by atoms with Crippen LogP contribution in [0.3, 0.4) is 0 Å². The van der Waals surface area contributed by atoms with Gasteiger partial charge in [-0.1, -0.05) is 13.8 Å². The molecule has 6 unspecified atom stereocenters. The van der Waals surface area contributed by atoms with E-state index in [0.717, 1.165) is 0 Å². The predicted octanol–water partition coefficient (Wildman–Crippen LogP) is 1.20. The number of hydrogen-bond donors (Lipinski definition) is 1. The molecular weight excluding hydrogens is 324 g/mol. The van der Waals surface area contributed by atoms with Gasteiger partial charge in [0.1, 0.15) is 11.9 Å². The number of Topliss-reactive ketones (excluding diaryl/α,β-unsaturated/α-hetero) is 2. The fourth-order valence-electron chi connectivity index (χ4n) is 5.82. The third-order valence-electron chi connectivity index (χ3n) is 7.17. The molecule has 0 aromatic carbocycles. The first-order chi connectivity index (χ1) is 11.7. The molecule has 0 radical (unpaired) electrons. The maximum atomic E-state index is 13.3. The molecule has 1 saturated carbocycles. The molecule has 0 aromatic rings. The second-order valence-corrected chi connectivity index (χ2v) is 8.32. The minimum atomic E-state index is -0.867. The Morgan fingerprint density at radius 2 is 1.96 bits per heavy atom. The summed E-state index contributed by atoms with van der Waals surface area (Å²) in [6.45, 7) is 3.94. The summed E-state index contributed by atoms with van der Waals surface area (Å²) in [7, 11) is 1.52. The molecule has 0 spiro atoms. The molecule has 6 heteroatoms. The Morgan fingerprint density at radius 3 is 2.64 bits per heavy atom. The van der Waals surface area contributed by atoms with Gasteiger partial charge in [0.05, 0.1) is 19.1 Å². The third-order valence-corrected chi connectivity index (χ3v) is 7.17. The summed E-state index contributed by atoms with van der Waals surface area (Å²) in [5.41, 5.74) is -0.157. The van der Waals surface area contributed by atoms with Gasteiger partial charge in [0.25, 0.3) is 0 Å². The van der Waals surface area contributed by atoms with Crippen molar-refractivity contribution in [2.24, 2.45) is 22.7 Å². The number of hydrogen-bond acceptors (Lipinski definition) is 6. The fourth-order valence-corrected chi connectivity index (χ4v) is 5.82. The summed E-state index contributed by atoms with van der Waals surface area (Å²) < 4.78 is 10.7. The Bertz CT molecular complexity index is 709. The van der Waals surface area contributed by atoms with E-state index in [1.54, 1.807) is 0 Å². The molecule has 1 N–H and O–H groups in total. The van der Waals surface area contributed by atoms with Gasteiger partial charge in [0, 0.05) is 41.8 Å². The van der Waals surface area contributed by atoms with Crippen molar-refractivity contribution in [2.45, 2.75) is 51.7 Å². The summed E-state index contributed by atoms with van der Waals surface area (Å²) >= 11 is 0. The Morgan fingerprint density at radius 1 is 1.24 bits per heavy atom. The van der Waals surface area contributed by atoms with Crippen LogP contribution in [0.25, 0.3) is 0 Å². The van der Waals surface area contributed by atoms with Crippen molar-refractivity contribution in [1.29, 1.82) is 0 Å². The zero-order chi connectivity index (χ0) is 18.1. The van der Waals surface area contributed by atoms with Gasteiger partial charge in [0.15, 0.2) is 5.78 Å². The summed E-state index contributed by atoms with van der Waals surface area (Å²) in [4.78, 5) is 37.8. The van der Waals surface area contributed by atoms with Crippen molar-refractivity contribution < 1.29 is 29.0 Å². The fraction of sp³-hybridized carbons (Fsp3) is 0.737. The van der Waals surface area contributed by atoms with Gasteiger partial charge >= 0.3 is 5.97 Å². The minimum Gasteiger partial charge on any atom is -0.459 e. The minimum absolute atomic E-state index is 0.0205. The van der Waals surface area contributed by atoms with Crippen molar-refractivity contribution >= 4 is 17.5 Å². The Kier molecular flexibility index (Phi) is 3.54. The smallest absolute Gasteiger partial charge is 0.306 e. The molecule has 0 aromatic heterocycles. The Hall–Kier alpha value is -1.53. The number of cyclic esters (lactones) is 1. The molecule has 4 rings (SSSR count). The van der Waals surface area contributed by atoms with E-state index in [4.69, 9.17) is 9.47 Å². The van der Waals surface area contributed by atoms with Crippen molar-refractivity contribution in [3.8, 4) is 0 Å². The highest BCUT2D eigenvalue weighted by Gasteiger charge is 2.66. The van der Waals surface area contributed by atoms with Crippen LogP contribution in [0, 0.1) is 22.7 Å². The number of carbonyl (C=O) groups is 3. The lowest BCUT2D eigenvalue weighted by Gasteiger charge is -2.46. The molecule has 3 aliphatic carbocycles. The molecule has 6 atom stereocenters. The van der Waals surface area contributed by atoms with Gasteiger partial charge in [-0.05, 0) is 18.4 Å². The molecule has 1 saturated heterocycles. The van der Waals surface area contributed by atoms with Crippen LogP contribution in [0.4, 0.5) is 0 Å². The number of rotatable bonds is 2. The van der Waals surface area contributed by atoms with Crippen molar-refractivity contribution in [3.05, 3.63) is 11.1 Å². The molecule has 0 amide bonds. The highest BCUT2D eigenvalue weighted by atomic mass is 16.6. The number of methoxy groups -OCH3 is 1. The van der Waals surface area contributed by atoms with Gasteiger partial charge in [0.2, 0.25) is 0 Å². The van der Waals surface area contributed by atoms with Crippen LogP contribution in [0.1, 0.15) is 39.5 Å². The number of ether oxygens (including phenoxy) is 2. The van der Waals surface area contributed by atoms with E-state index in [1.165, 1.54) is 7.11 Å². The molecule has 0 bridgehead atoms. The average molecular weight is 348 g/mol. The molecule has 6 nitrogen and oxygen atoms in total. The number of carbonyl (C=O) groups excluding carboxylic acids is 3. The standard InChI is InChI=1S/C19H24O6/c1-18-7-11(20)16-15(9(18)4-5-12(18)21)17(23)10-6-14(22)25-13(8-24-3)19(10,16)2/h9-11,13,20H,4-8H2,1-3H3. The number of allylic oxidation sites excluding steroid dienone is 1. The van der Waals surface area contributed by atoms with Gasteiger partial charge < -0.3 is 14.6 Å². The zero-order valence-corrected chi connectivity index (χ0v) is 14.8. The molecule has 136 valence electrons. The van der Waals surface area contributed by atoms with E-state index in [1.807, 2.05) is 13.8 Å². The first-order valence-electron chi connectivity index (χ1n) is 8.93. The second kappa shape index (κ2) is 5.24. The van der Waals surface area contributed by atoms with E-state index >= 15 is 0 Å². The van der Waals surface area contributed by atoms with Crippen LogP contribution in [0.5, 0.6) is 0 Å². The maximum Gasteiger partial charge on any atom is 0.306 e. The van der Waals surface area contributed by atoms with E-state index in [0.29, 0.717) is 30.4 Å². The molecular formula is C19H24O6. The first-order valence-corrected chi connectivity index (χ1v) is 8.93. The van der Waals surface area contributed by atoms with E-state index in [-0.39, 0.29) is 30.5 Å². The van der Waals surface area contributed by atoms with Crippen molar-refractivity contribution in [1.82, 2.24) is 0 Å². The second-order valence-electron chi connectivity index (χ2n) is 8.32. The number of ketones is 2. The topological polar surface area (TPSA) is 89.9 Å². The van der Waals surface area contributed by atoms with Gasteiger partial charge in [-0.2, -0.15) is 0 Å². The molecule has 1 heterocycles. The van der Waals surface area contributed by atoms with Crippen LogP contribution < -0.4 is 0 Å². The highest BCUT2D eigenvalue weighted by molar-refractivity contribution is 6.06. The molecule has 2 fully saturated rings. The van der Waals surface area contributed by atoms with Crippen LogP contribution in [-0.4, -0.2) is 48.6 Å². The van der Waals surface area contributed by atoms with Gasteiger partial charge in [-0.15, -0.1) is 0 Å². The average Bonchev–Trinajstić information content (AvgIpc) is 2.95. The first kappa shape index (κ1) is 16.9. The van der Waals surface area contributed by atoms with Crippen molar-refractivity contribution in [2.75, 3.05) is 13.7 Å². The lowest BCUT2D eigenvalue weighted by Crippen LogP contribution is -2.52. The van der Waals surface area contributed by atoms with E-state index < -0.39 is 34.9 Å². The molecule has 4 aliphatic rings. The SMILES string of the molecule is COCC1OC(=O)CC2C(=O)C3=C(C(O)CC4(C)C(=O)CCC34)C12C. The maximum absolute atomic E-state index is 13.3. The number of fused-ring (bicyclic) bond motifs is 4. The Labute approximate surface area is 146 Å². The van der Waals surface area contributed by atoms with Gasteiger partial charge in [-0.25, -0.2) is 0 Å². The zero-order valence-electron chi connectivity index (χ0n) is 14.8. The van der Waals surface area contributed by atoms with E-state index in [2.05, 4.69) is 0 Å². The number of esters is 1. The Balaban J connectivity index is 1.88. The normalized spacial score (nSPS) is 46.0. The van der Waals surface area contributed by atoms with Crippen molar-refractivity contribution in [3.63, 3.8) is 0 Å². The number of aliphatic hydroxyl groups is 1. The summed E-state index contributed by atoms with van der Waals surface area (Å²) in [5.74, 6) is -1.06. The lowest BCUT2D eigenvalue weighted by atomic mass is 9.61. The third kappa shape index (κ3) is 1.95. The van der Waals surface area contributed by atoms with Crippen LogP contribution in [0.15, 0.2) is 11.1 Å². The monoisotopic (exact) mass is 348 g/mol. The lowest BCUT2D eigenvalue weighted by molar-refractivity contribution is -0.176. The summed E-state index contributed by atoms with van der Waals surface area (Å²) in [6, 6.07) is 0. The predicted molar refractivity (Wildman–Crippen MR) is 86.5 cm³/mol. The van der Waals surface area contributed by atoms with E-state index in [9.17, 15) is 19.5 Å². The number of aliphatic hydroxyl groups excluding tert-OH is 1. The molecule has 1 aliphatic heterocycles. The molecule has 25 heavy (non-hydrogen) atoms. The van der Waals surface area contributed by atoms with Crippen LogP contribution in [0.2, 0.25) is 0 Å². The summed E-state index contributed by atoms with van der Waals surface area (Å²) in [6.07, 6.45) is -0.0366. The summed E-state index contributed by atoms with van der Waals surface area (Å²) in [5, 5.41) is 10.9. The van der Waals surface area contributed by atoms with Crippen LogP contribution >= 0.6 is 0 Å². The highest BCUT2D eigenvalue weighted by Crippen LogP contribution is 2.63. The van der Waals surface area contributed by atoms with Crippen LogP contribution in [-0.2, 0) is 23.9 Å². The van der Waals surface area contributed by atoms with Gasteiger partial charge in [-0.3, -0.25) is 14.4 Å². The quantitative estimate of drug-likeness (QED) is 0.754. The largest absolute Gasteiger partial charge is 0.459 e.